The maximum Gasteiger partial charge on any atom is 0.161 e. The summed E-state index contributed by atoms with van der Waals surface area (Å²) in [4.78, 5) is 0. The Labute approximate surface area is 285 Å². The van der Waals surface area contributed by atoms with Crippen LogP contribution in [0.1, 0.15) is 118 Å². The Morgan fingerprint density at radius 3 is 2.46 bits per heavy atom. The first-order chi connectivity index (χ1) is 23.2. The summed E-state index contributed by atoms with van der Waals surface area (Å²) in [5.74, 6) is 3.40. The Morgan fingerprint density at radius 1 is 0.958 bits per heavy atom. The highest BCUT2D eigenvalue weighted by atomic mass is 16.5. The van der Waals surface area contributed by atoms with Crippen molar-refractivity contribution in [1.29, 1.82) is 0 Å². The van der Waals surface area contributed by atoms with E-state index in [4.69, 9.17) is 14.2 Å². The monoisotopic (exact) mass is 658 g/mol. The van der Waals surface area contributed by atoms with Crippen molar-refractivity contribution in [3.05, 3.63) is 64.2 Å². The van der Waals surface area contributed by atoms with Gasteiger partial charge in [-0.3, -0.25) is 0 Å². The van der Waals surface area contributed by atoms with Crippen molar-refractivity contribution in [3.8, 4) is 39.9 Å². The molecule has 1 fully saturated rings. The minimum atomic E-state index is -0.801. The van der Waals surface area contributed by atoms with Crippen LogP contribution in [0.25, 0.3) is 11.1 Å². The van der Waals surface area contributed by atoms with Gasteiger partial charge in [0.05, 0.1) is 19.3 Å². The predicted molar refractivity (Wildman–Crippen MR) is 188 cm³/mol. The normalized spacial score (nSPS) is 20.9. The molecule has 260 valence electrons. The molecule has 1 aliphatic heterocycles. The highest BCUT2D eigenvalue weighted by Gasteiger charge is 2.38. The highest BCUT2D eigenvalue weighted by Crippen LogP contribution is 2.54. The molecule has 48 heavy (non-hydrogen) atoms. The summed E-state index contributed by atoms with van der Waals surface area (Å²) in [5, 5.41) is 42.9. The second-order valence-corrected chi connectivity index (χ2v) is 14.8. The van der Waals surface area contributed by atoms with Crippen LogP contribution < -0.4 is 14.2 Å². The molecule has 4 N–H and O–H groups in total. The number of aromatic hydroxyl groups is 2. The van der Waals surface area contributed by atoms with Crippen LogP contribution in [0.15, 0.2) is 36.4 Å². The van der Waals surface area contributed by atoms with Crippen LogP contribution in [0, 0.1) is 11.8 Å². The minimum Gasteiger partial charge on any atom is -0.508 e. The lowest BCUT2D eigenvalue weighted by Crippen LogP contribution is -2.32. The van der Waals surface area contributed by atoms with Gasteiger partial charge in [0.25, 0.3) is 0 Å². The second kappa shape index (κ2) is 15.0. The van der Waals surface area contributed by atoms with E-state index < -0.39 is 12.2 Å². The zero-order chi connectivity index (χ0) is 33.9. The molecule has 0 saturated heterocycles. The van der Waals surface area contributed by atoms with E-state index in [9.17, 15) is 20.4 Å². The van der Waals surface area contributed by atoms with E-state index in [1.54, 1.807) is 13.2 Å². The molecular weight excluding hydrogens is 604 g/mol. The van der Waals surface area contributed by atoms with E-state index in [1.807, 2.05) is 24.3 Å². The van der Waals surface area contributed by atoms with Gasteiger partial charge < -0.3 is 34.6 Å². The summed E-state index contributed by atoms with van der Waals surface area (Å²) in [7, 11) is 1.70. The number of hydrogen-bond acceptors (Lipinski definition) is 7. The highest BCUT2D eigenvalue weighted by molar-refractivity contribution is 5.83. The molecule has 3 aromatic rings. The SMILES string of the molecule is CC[C@H](CCCO)CC[C@H]1Cc2cc(O)c(CC(C)C)cc2-c2c(OC)cc3c(c21)C[C@@H](O)[C@H](c1ccc(O)c(OC2CCCC2)c1)O3. The van der Waals surface area contributed by atoms with Gasteiger partial charge in [-0.15, -0.1) is 0 Å². The fourth-order valence-electron chi connectivity index (χ4n) is 8.37. The summed E-state index contributed by atoms with van der Waals surface area (Å²) in [6, 6.07) is 11.3. The van der Waals surface area contributed by atoms with E-state index in [1.165, 1.54) is 5.56 Å². The Morgan fingerprint density at radius 2 is 1.75 bits per heavy atom. The number of aliphatic hydroxyl groups is 2. The molecule has 0 spiro atoms. The van der Waals surface area contributed by atoms with Crippen LogP contribution >= 0.6 is 0 Å². The third-order valence-corrected chi connectivity index (χ3v) is 10.9. The Hall–Kier alpha value is -3.42. The van der Waals surface area contributed by atoms with Gasteiger partial charge in [0, 0.05) is 30.2 Å². The van der Waals surface area contributed by atoms with E-state index in [-0.39, 0.29) is 24.4 Å². The van der Waals surface area contributed by atoms with E-state index in [0.29, 0.717) is 35.5 Å². The summed E-state index contributed by atoms with van der Waals surface area (Å²) < 4.78 is 19.0. The smallest absolute Gasteiger partial charge is 0.161 e. The van der Waals surface area contributed by atoms with E-state index in [0.717, 1.165) is 110 Å². The number of aliphatic hydroxyl groups excluding tert-OH is 2. The third-order valence-electron chi connectivity index (χ3n) is 10.9. The van der Waals surface area contributed by atoms with Crippen molar-refractivity contribution >= 4 is 0 Å². The second-order valence-electron chi connectivity index (χ2n) is 14.8. The molecule has 0 bridgehead atoms. The molecule has 2 aliphatic carbocycles. The van der Waals surface area contributed by atoms with Crippen molar-refractivity contribution in [3.63, 3.8) is 0 Å². The number of ether oxygens (including phenoxy) is 3. The Kier molecular flexibility index (Phi) is 10.8. The number of hydrogen-bond donors (Lipinski definition) is 4. The largest absolute Gasteiger partial charge is 0.508 e. The molecule has 1 saturated carbocycles. The van der Waals surface area contributed by atoms with E-state index >= 15 is 0 Å². The Balaban J connectivity index is 1.41. The summed E-state index contributed by atoms with van der Waals surface area (Å²) in [6.45, 7) is 6.76. The van der Waals surface area contributed by atoms with Crippen LogP contribution in [0.3, 0.4) is 0 Å². The molecule has 4 atom stereocenters. The standard InChI is InChI=1S/C41H54O7/c1-5-25(9-8-16-42)12-13-26-18-28-20-34(44)29(17-24(2)3)19-31(28)40-38(46-4)23-36-32(39(26)40)22-35(45)41(48-36)27-14-15-33(43)37(21-27)47-30-10-6-7-11-30/h14-15,19-21,23-26,30,35,41-45H,5-13,16-18,22H2,1-4H3/t25-,26+,35-,41+/m1/s1. The lowest BCUT2D eigenvalue weighted by atomic mass is 9.71. The molecular formula is C41H54O7. The average Bonchev–Trinajstić information content (AvgIpc) is 3.58. The van der Waals surface area contributed by atoms with Gasteiger partial charge >= 0.3 is 0 Å². The van der Waals surface area contributed by atoms with E-state index in [2.05, 4.69) is 26.8 Å². The van der Waals surface area contributed by atoms with Gasteiger partial charge in [0.1, 0.15) is 23.4 Å². The molecule has 7 nitrogen and oxygen atoms in total. The number of benzene rings is 3. The average molecular weight is 659 g/mol. The topological polar surface area (TPSA) is 109 Å². The molecule has 3 aliphatic rings. The van der Waals surface area contributed by atoms with Gasteiger partial charge in [0.15, 0.2) is 11.5 Å². The lowest BCUT2D eigenvalue weighted by Gasteiger charge is -2.38. The van der Waals surface area contributed by atoms with Gasteiger partial charge in [-0.25, -0.2) is 0 Å². The van der Waals surface area contributed by atoms with Crippen LogP contribution in [0.2, 0.25) is 0 Å². The Bertz CT molecular complexity index is 1570. The van der Waals surface area contributed by atoms with Crippen LogP contribution in [-0.4, -0.2) is 46.4 Å². The first-order valence-corrected chi connectivity index (χ1v) is 18.2. The minimum absolute atomic E-state index is 0.0959. The molecule has 6 rings (SSSR count). The van der Waals surface area contributed by atoms with Gasteiger partial charge in [-0.2, -0.15) is 0 Å². The first-order valence-electron chi connectivity index (χ1n) is 18.2. The molecule has 0 amide bonds. The molecule has 0 radical (unpaired) electrons. The summed E-state index contributed by atoms with van der Waals surface area (Å²) >= 11 is 0. The fraction of sp³-hybridized carbons (Fsp3) is 0.561. The number of phenolic OH excluding ortho intramolecular Hbond substituents is 2. The number of phenols is 2. The molecule has 1 heterocycles. The summed E-state index contributed by atoms with van der Waals surface area (Å²) in [5.41, 5.74) is 7.15. The number of fused-ring (bicyclic) bond motifs is 5. The van der Waals surface area contributed by atoms with Gasteiger partial charge in [-0.05, 0) is 134 Å². The predicted octanol–water partition coefficient (Wildman–Crippen LogP) is 8.55. The van der Waals surface area contributed by atoms with Crippen LogP contribution in [0.5, 0.6) is 28.7 Å². The molecule has 0 unspecified atom stereocenters. The maximum absolute atomic E-state index is 11.7. The van der Waals surface area contributed by atoms with Crippen molar-refractivity contribution < 1.29 is 34.6 Å². The third kappa shape index (κ3) is 7.13. The number of rotatable bonds is 13. The van der Waals surface area contributed by atoms with Crippen LogP contribution in [-0.2, 0) is 19.3 Å². The van der Waals surface area contributed by atoms with Crippen LogP contribution in [0.4, 0.5) is 0 Å². The zero-order valence-electron chi connectivity index (χ0n) is 29.1. The quantitative estimate of drug-likeness (QED) is 0.146. The maximum atomic E-state index is 11.7. The lowest BCUT2D eigenvalue weighted by molar-refractivity contribution is 0.0200. The van der Waals surface area contributed by atoms with Gasteiger partial charge in [-0.1, -0.05) is 33.3 Å². The van der Waals surface area contributed by atoms with Crippen molar-refractivity contribution in [2.45, 2.75) is 122 Å². The molecule has 0 aromatic heterocycles. The zero-order valence-corrected chi connectivity index (χ0v) is 29.1. The number of methoxy groups -OCH3 is 1. The van der Waals surface area contributed by atoms with Crippen molar-refractivity contribution in [2.75, 3.05) is 13.7 Å². The van der Waals surface area contributed by atoms with Gasteiger partial charge in [0.2, 0.25) is 0 Å². The first kappa shape index (κ1) is 34.4. The van der Waals surface area contributed by atoms with Crippen molar-refractivity contribution in [2.24, 2.45) is 11.8 Å². The van der Waals surface area contributed by atoms with Crippen molar-refractivity contribution in [1.82, 2.24) is 0 Å². The molecule has 7 heteroatoms. The fourth-order valence-corrected chi connectivity index (χ4v) is 8.37. The summed E-state index contributed by atoms with van der Waals surface area (Å²) in [6.07, 6.45) is 9.73. The molecule has 3 aromatic carbocycles.